The predicted molar refractivity (Wildman–Crippen MR) is 289 cm³/mol. The van der Waals surface area contributed by atoms with Gasteiger partial charge in [0.15, 0.2) is 0 Å². The molecule has 0 amide bonds. The molecular formula is C64H70S2. The molecule has 66 heavy (non-hydrogen) atoms. The molecule has 4 aromatic carbocycles. The summed E-state index contributed by atoms with van der Waals surface area (Å²) in [5.41, 5.74) is 11.6. The van der Waals surface area contributed by atoms with E-state index >= 15 is 0 Å². The molecule has 6 rings (SSSR count). The van der Waals surface area contributed by atoms with Gasteiger partial charge in [-0.2, -0.15) is 0 Å². The van der Waals surface area contributed by atoms with Crippen molar-refractivity contribution in [1.82, 2.24) is 0 Å². The van der Waals surface area contributed by atoms with Gasteiger partial charge in [-0.25, -0.2) is 0 Å². The summed E-state index contributed by atoms with van der Waals surface area (Å²) >= 11 is 3.41. The number of rotatable bonds is 21. The molecule has 0 aliphatic heterocycles. The smallest absolute Gasteiger partial charge is 0.0792 e. The van der Waals surface area contributed by atoms with E-state index in [4.69, 9.17) is 0 Å². The van der Waals surface area contributed by atoms with Crippen molar-refractivity contribution in [3.8, 4) is 57.1 Å². The predicted octanol–water partition coefficient (Wildman–Crippen LogP) is 17.6. The Labute approximate surface area is 408 Å². The van der Waals surface area contributed by atoms with Gasteiger partial charge in [0.05, 0.1) is 19.5 Å². The van der Waals surface area contributed by atoms with Crippen LogP contribution < -0.4 is 0 Å². The third-order valence-corrected chi connectivity index (χ3v) is 14.4. The third kappa shape index (κ3) is 17.1. The molecule has 2 heterocycles. The van der Waals surface area contributed by atoms with E-state index in [1.54, 1.807) is 22.7 Å². The summed E-state index contributed by atoms with van der Waals surface area (Å²) in [4.78, 5) is 4.17. The molecular weight excluding hydrogens is 833 g/mol. The molecule has 6 aromatic rings. The largest absolute Gasteiger partial charge is 0.124 e. The van der Waals surface area contributed by atoms with Gasteiger partial charge in [0.25, 0.3) is 0 Å². The molecule has 0 nitrogen and oxygen atoms in total. The minimum atomic E-state index is 0.974. The van der Waals surface area contributed by atoms with Gasteiger partial charge in [0.2, 0.25) is 0 Å². The van der Waals surface area contributed by atoms with E-state index in [1.807, 2.05) is 0 Å². The fraction of sp³-hybridized carbons (Fsp3) is 0.375. The lowest BCUT2D eigenvalue weighted by Crippen LogP contribution is -1.86. The molecule has 0 fully saturated rings. The van der Waals surface area contributed by atoms with E-state index in [0.29, 0.717) is 0 Å². The minimum absolute atomic E-state index is 0.974. The third-order valence-electron chi connectivity index (χ3n) is 12.1. The van der Waals surface area contributed by atoms with Gasteiger partial charge in [-0.15, -0.1) is 22.7 Å². The molecule has 0 spiro atoms. The second-order valence-electron chi connectivity index (χ2n) is 17.7. The van der Waals surface area contributed by atoms with E-state index < -0.39 is 0 Å². The first-order valence-electron chi connectivity index (χ1n) is 25.2. The van der Waals surface area contributed by atoms with E-state index in [2.05, 4.69) is 184 Å². The first-order chi connectivity index (χ1) is 32.5. The first-order valence-corrected chi connectivity index (χ1v) is 26.9. The van der Waals surface area contributed by atoms with E-state index in [0.717, 1.165) is 78.6 Å². The van der Waals surface area contributed by atoms with Crippen molar-refractivity contribution >= 4 is 22.7 Å². The van der Waals surface area contributed by atoms with E-state index in [-0.39, 0.29) is 0 Å². The van der Waals surface area contributed by atoms with Gasteiger partial charge in [0, 0.05) is 33.4 Å². The highest BCUT2D eigenvalue weighted by Crippen LogP contribution is 2.40. The minimum Gasteiger partial charge on any atom is -0.124 e. The van der Waals surface area contributed by atoms with Crippen LogP contribution in [0.4, 0.5) is 0 Å². The molecule has 0 aliphatic carbocycles. The van der Waals surface area contributed by atoms with Crippen molar-refractivity contribution in [3.63, 3.8) is 0 Å². The summed E-state index contributed by atoms with van der Waals surface area (Å²) in [6.45, 7) is 9.06. The lowest BCUT2D eigenvalue weighted by Gasteiger charge is -2.01. The second-order valence-corrected chi connectivity index (χ2v) is 19.8. The molecule has 0 unspecified atom stereocenters. The monoisotopic (exact) mass is 902 g/mol. The molecule has 0 saturated heterocycles. The summed E-state index contributed by atoms with van der Waals surface area (Å²) in [6, 6.07) is 39.7. The Morgan fingerprint density at radius 2 is 0.545 bits per heavy atom. The molecule has 0 bridgehead atoms. The topological polar surface area (TPSA) is 0 Å². The Bertz CT molecular complexity index is 2430. The Morgan fingerprint density at radius 1 is 0.288 bits per heavy atom. The molecule has 0 saturated carbocycles. The standard InChI is InChI=1S/C64H70S2/c1-5-9-13-17-21-51-25-33-55(34-26-51)41-45-59-49-61(47-43-57-37-29-53(30-38-57)23-19-15-11-7-3)65-63(59)64-60(46-42-56-35-27-52(28-36-56)22-18-14-10-6-2)50-62(66-64)48-44-58-39-31-54(32-40-58)24-20-16-12-8-4/h25-40,49-50H,5-24H2,1-4H3. The van der Waals surface area contributed by atoms with Crippen molar-refractivity contribution in [3.05, 3.63) is 175 Å². The van der Waals surface area contributed by atoms with Crippen LogP contribution in [0.3, 0.4) is 0 Å². The average Bonchev–Trinajstić information content (AvgIpc) is 3.96. The quantitative estimate of drug-likeness (QED) is 0.0499. The van der Waals surface area contributed by atoms with Crippen LogP contribution in [0, 0.1) is 47.4 Å². The van der Waals surface area contributed by atoms with Crippen LogP contribution in [0.25, 0.3) is 9.75 Å². The van der Waals surface area contributed by atoms with Gasteiger partial charge in [-0.1, -0.05) is 201 Å². The van der Waals surface area contributed by atoms with Crippen LogP contribution >= 0.6 is 22.7 Å². The summed E-state index contributed by atoms with van der Waals surface area (Å²) in [5, 5.41) is 0. The molecule has 0 N–H and O–H groups in total. The van der Waals surface area contributed by atoms with Gasteiger partial charge >= 0.3 is 0 Å². The summed E-state index contributed by atoms with van der Waals surface area (Å²) in [6.07, 6.45) is 24.8. The maximum absolute atomic E-state index is 3.60. The van der Waals surface area contributed by atoms with Gasteiger partial charge in [0.1, 0.15) is 0 Å². The number of thiophene rings is 2. The fourth-order valence-corrected chi connectivity index (χ4v) is 10.1. The lowest BCUT2D eigenvalue weighted by atomic mass is 10.0. The van der Waals surface area contributed by atoms with Crippen LogP contribution in [0.1, 0.15) is 196 Å². The summed E-state index contributed by atoms with van der Waals surface area (Å²) in [7, 11) is 0. The Balaban J connectivity index is 1.34. The SMILES string of the molecule is CCCCCCc1ccc(C#Cc2cc(C#Cc3ccc(CCCCCC)cc3)c(-c3sc(C#Cc4ccc(CCCCCC)cc4)cc3C#Cc3ccc(CCCCCC)cc3)s2)cc1. The van der Waals surface area contributed by atoms with Crippen LogP contribution in [-0.4, -0.2) is 0 Å². The van der Waals surface area contributed by atoms with Crippen LogP contribution in [-0.2, 0) is 25.7 Å². The number of benzene rings is 4. The van der Waals surface area contributed by atoms with Crippen molar-refractivity contribution in [2.45, 2.75) is 156 Å². The maximum atomic E-state index is 3.60. The Hall–Kier alpha value is -5.48. The second kappa shape index (κ2) is 28.5. The van der Waals surface area contributed by atoms with Crippen molar-refractivity contribution < 1.29 is 0 Å². The number of hydrogen-bond acceptors (Lipinski definition) is 2. The summed E-state index contributed by atoms with van der Waals surface area (Å²) in [5.74, 6) is 28.3. The van der Waals surface area contributed by atoms with Gasteiger partial charge in [-0.3, -0.25) is 0 Å². The zero-order valence-corrected chi connectivity index (χ0v) is 42.0. The summed E-state index contributed by atoms with van der Waals surface area (Å²) < 4.78 is 0. The normalized spacial score (nSPS) is 10.5. The highest BCUT2D eigenvalue weighted by Gasteiger charge is 2.16. The zero-order valence-electron chi connectivity index (χ0n) is 40.4. The van der Waals surface area contributed by atoms with Crippen LogP contribution in [0.5, 0.6) is 0 Å². The Kier molecular flexibility index (Phi) is 21.6. The first kappa shape index (κ1) is 49.9. The van der Waals surface area contributed by atoms with E-state index in [9.17, 15) is 0 Å². The molecule has 0 atom stereocenters. The fourth-order valence-electron chi connectivity index (χ4n) is 8.02. The van der Waals surface area contributed by atoms with Crippen LogP contribution in [0.2, 0.25) is 0 Å². The van der Waals surface area contributed by atoms with Crippen LogP contribution in [0.15, 0.2) is 109 Å². The molecule has 2 aromatic heterocycles. The van der Waals surface area contributed by atoms with Gasteiger partial charge < -0.3 is 0 Å². The number of unbranched alkanes of at least 4 members (excludes halogenated alkanes) is 12. The van der Waals surface area contributed by atoms with Crippen molar-refractivity contribution in [2.75, 3.05) is 0 Å². The van der Waals surface area contributed by atoms with E-state index in [1.165, 1.54) is 125 Å². The Morgan fingerprint density at radius 3 is 0.803 bits per heavy atom. The average molecular weight is 903 g/mol. The maximum Gasteiger partial charge on any atom is 0.0792 e. The highest BCUT2D eigenvalue weighted by atomic mass is 32.1. The molecule has 0 radical (unpaired) electrons. The molecule has 0 aliphatic rings. The molecule has 2 heteroatoms. The lowest BCUT2D eigenvalue weighted by molar-refractivity contribution is 0.667. The van der Waals surface area contributed by atoms with Crippen molar-refractivity contribution in [1.29, 1.82) is 0 Å². The van der Waals surface area contributed by atoms with Crippen molar-refractivity contribution in [2.24, 2.45) is 0 Å². The number of aryl methyl sites for hydroxylation is 4. The highest BCUT2D eigenvalue weighted by molar-refractivity contribution is 7.23. The molecule has 338 valence electrons. The number of hydrogen-bond donors (Lipinski definition) is 0. The van der Waals surface area contributed by atoms with Gasteiger partial charge in [-0.05, 0) is 134 Å². The zero-order chi connectivity index (χ0) is 46.0.